The average molecular weight is 749 g/mol. The zero-order chi connectivity index (χ0) is 39.2. The zero-order valence-corrected chi connectivity index (χ0v) is 30.8. The molecule has 0 aromatic heterocycles. The summed E-state index contributed by atoms with van der Waals surface area (Å²) in [6.45, 7) is 2.03. The maximum atomic E-state index is 13.6. The van der Waals surface area contributed by atoms with Gasteiger partial charge in [0.15, 0.2) is 0 Å². The quantitative estimate of drug-likeness (QED) is 0.135. The molecule has 2 aliphatic rings. The molecule has 0 bridgehead atoms. The van der Waals surface area contributed by atoms with E-state index in [-0.39, 0.29) is 11.8 Å². The standard InChI is InChI=1S/C48H32N2O7/c1-29-3-13-35(14-4-29)55-37-17-21-39(22-18-37)57-40-23-19-38(20-24-40)56-36-15-11-34(12-16-36)50-47(53)42-26-10-33(28-44(42)48(50)54)31-7-5-30(6-8-31)32-9-25-41-43(27-32)46(52)49(2)45(41)51/h3-28H,1-2H3. The molecule has 0 aliphatic carbocycles. The van der Waals surface area contributed by atoms with Crippen molar-refractivity contribution in [3.63, 3.8) is 0 Å². The number of imide groups is 2. The maximum absolute atomic E-state index is 13.6. The predicted octanol–water partition coefficient (Wildman–Crippen LogP) is 10.7. The van der Waals surface area contributed by atoms with E-state index in [0.717, 1.165) is 32.9 Å². The largest absolute Gasteiger partial charge is 0.457 e. The van der Waals surface area contributed by atoms with Gasteiger partial charge in [-0.15, -0.1) is 0 Å². The fraction of sp³-hybridized carbons (Fsp3) is 0.0417. The minimum Gasteiger partial charge on any atom is -0.457 e. The molecule has 4 amide bonds. The third kappa shape index (κ3) is 6.68. The lowest BCUT2D eigenvalue weighted by Gasteiger charge is -2.14. The molecule has 0 unspecified atom stereocenters. The predicted molar refractivity (Wildman–Crippen MR) is 216 cm³/mol. The van der Waals surface area contributed by atoms with Crippen LogP contribution in [0.15, 0.2) is 158 Å². The highest BCUT2D eigenvalue weighted by Gasteiger charge is 2.37. The molecule has 9 rings (SSSR count). The van der Waals surface area contributed by atoms with E-state index in [1.165, 1.54) is 17.5 Å². The van der Waals surface area contributed by atoms with Gasteiger partial charge in [0.05, 0.1) is 27.9 Å². The summed E-state index contributed by atoms with van der Waals surface area (Å²) < 4.78 is 17.9. The molecule has 0 radical (unpaired) electrons. The highest BCUT2D eigenvalue weighted by molar-refractivity contribution is 6.34. The molecular weight excluding hydrogens is 717 g/mol. The minimum atomic E-state index is -0.409. The monoisotopic (exact) mass is 748 g/mol. The topological polar surface area (TPSA) is 102 Å². The van der Waals surface area contributed by atoms with Crippen LogP contribution in [0.2, 0.25) is 0 Å². The van der Waals surface area contributed by atoms with Gasteiger partial charge in [-0.3, -0.25) is 24.1 Å². The Kier molecular flexibility index (Phi) is 8.67. The van der Waals surface area contributed by atoms with Crippen molar-refractivity contribution < 1.29 is 33.4 Å². The van der Waals surface area contributed by atoms with Crippen LogP contribution in [-0.2, 0) is 0 Å². The van der Waals surface area contributed by atoms with Crippen LogP contribution in [0.4, 0.5) is 5.69 Å². The number of rotatable bonds is 9. The van der Waals surface area contributed by atoms with Gasteiger partial charge in [0.25, 0.3) is 23.6 Å². The molecule has 9 nitrogen and oxygen atoms in total. The van der Waals surface area contributed by atoms with Crippen LogP contribution in [0.1, 0.15) is 47.0 Å². The Labute approximate surface area is 327 Å². The Morgan fingerprint density at radius 1 is 0.351 bits per heavy atom. The average Bonchev–Trinajstić information content (AvgIpc) is 3.62. The summed E-state index contributed by atoms with van der Waals surface area (Å²) in [5.41, 5.74) is 6.35. The normalized spacial score (nSPS) is 13.2. The van der Waals surface area contributed by atoms with Gasteiger partial charge in [-0.25, -0.2) is 4.90 Å². The Morgan fingerprint density at radius 3 is 1.11 bits per heavy atom. The second kappa shape index (κ2) is 14.1. The first-order valence-electron chi connectivity index (χ1n) is 18.2. The molecule has 7 aromatic carbocycles. The fourth-order valence-electron chi connectivity index (χ4n) is 6.88. The van der Waals surface area contributed by atoms with Gasteiger partial charge in [-0.2, -0.15) is 0 Å². The molecule has 0 N–H and O–H groups in total. The van der Waals surface area contributed by atoms with E-state index in [1.807, 2.05) is 104 Å². The first-order valence-corrected chi connectivity index (χ1v) is 18.2. The summed E-state index contributed by atoms with van der Waals surface area (Å²) in [6.07, 6.45) is 0. The van der Waals surface area contributed by atoms with Gasteiger partial charge in [0.1, 0.15) is 34.5 Å². The number of anilines is 1. The number of hydrogen-bond acceptors (Lipinski definition) is 7. The summed E-state index contributed by atoms with van der Waals surface area (Å²) in [6, 6.07) is 47.4. The molecule has 7 aromatic rings. The molecule has 2 heterocycles. The highest BCUT2D eigenvalue weighted by Crippen LogP contribution is 2.35. The second-order valence-corrected chi connectivity index (χ2v) is 13.8. The van der Waals surface area contributed by atoms with Crippen molar-refractivity contribution in [2.75, 3.05) is 11.9 Å². The van der Waals surface area contributed by atoms with Crippen LogP contribution < -0.4 is 19.1 Å². The number of nitrogens with zero attached hydrogens (tertiary/aromatic N) is 2. The van der Waals surface area contributed by atoms with Crippen molar-refractivity contribution in [3.05, 3.63) is 186 Å². The zero-order valence-electron chi connectivity index (χ0n) is 30.8. The highest BCUT2D eigenvalue weighted by atomic mass is 16.5. The Bertz CT molecular complexity index is 2720. The smallest absolute Gasteiger partial charge is 0.266 e. The Balaban J connectivity index is 0.831. The Morgan fingerprint density at radius 2 is 0.667 bits per heavy atom. The number of benzene rings is 7. The van der Waals surface area contributed by atoms with Gasteiger partial charge >= 0.3 is 0 Å². The lowest BCUT2D eigenvalue weighted by molar-refractivity contribution is 0.0692. The van der Waals surface area contributed by atoms with Gasteiger partial charge in [0.2, 0.25) is 0 Å². The number of amides is 4. The second-order valence-electron chi connectivity index (χ2n) is 13.8. The molecule has 2 aliphatic heterocycles. The van der Waals surface area contributed by atoms with Crippen molar-refractivity contribution in [2.45, 2.75) is 6.92 Å². The van der Waals surface area contributed by atoms with E-state index in [0.29, 0.717) is 56.7 Å². The lowest BCUT2D eigenvalue weighted by Crippen LogP contribution is -2.29. The van der Waals surface area contributed by atoms with E-state index >= 15 is 0 Å². The number of aryl methyl sites for hydroxylation is 1. The molecule has 9 heteroatoms. The molecule has 276 valence electrons. The summed E-state index contributed by atoms with van der Waals surface area (Å²) in [4.78, 5) is 54.2. The van der Waals surface area contributed by atoms with Gasteiger partial charge in [-0.1, -0.05) is 54.1 Å². The van der Waals surface area contributed by atoms with Crippen LogP contribution in [0.5, 0.6) is 34.5 Å². The van der Waals surface area contributed by atoms with E-state index in [9.17, 15) is 19.2 Å². The van der Waals surface area contributed by atoms with E-state index < -0.39 is 11.8 Å². The Hall–Kier alpha value is -7.78. The third-order valence-electron chi connectivity index (χ3n) is 10.00. The molecule has 0 atom stereocenters. The van der Waals surface area contributed by atoms with Gasteiger partial charge in [0, 0.05) is 7.05 Å². The summed E-state index contributed by atoms with van der Waals surface area (Å²) in [5.74, 6) is 2.46. The van der Waals surface area contributed by atoms with Gasteiger partial charge < -0.3 is 14.2 Å². The number of ether oxygens (including phenoxy) is 3. The van der Waals surface area contributed by atoms with Gasteiger partial charge in [-0.05, 0) is 138 Å². The first kappa shape index (κ1) is 35.0. The number of hydrogen-bond donors (Lipinski definition) is 0. The number of fused-ring (bicyclic) bond motifs is 2. The minimum absolute atomic E-state index is 0.305. The summed E-state index contributed by atoms with van der Waals surface area (Å²) in [7, 11) is 1.48. The third-order valence-corrected chi connectivity index (χ3v) is 10.00. The molecule has 0 spiro atoms. The SMILES string of the molecule is Cc1ccc(Oc2ccc(Oc3ccc(Oc4ccc(N5C(=O)c6ccc(-c7ccc(-c8ccc9c(c8)C(=O)N(C)C9=O)cc7)cc6C5=O)cc4)cc3)cc2)cc1. The van der Waals surface area contributed by atoms with Crippen LogP contribution in [-0.4, -0.2) is 35.6 Å². The van der Waals surface area contributed by atoms with Crippen LogP contribution in [0, 0.1) is 6.92 Å². The number of carbonyl (C=O) groups excluding carboxylic acids is 4. The maximum Gasteiger partial charge on any atom is 0.266 e. The lowest BCUT2D eigenvalue weighted by atomic mass is 9.96. The number of carbonyl (C=O) groups is 4. The van der Waals surface area contributed by atoms with Crippen molar-refractivity contribution >= 4 is 29.3 Å². The summed E-state index contributed by atoms with van der Waals surface area (Å²) in [5, 5.41) is 0. The fourth-order valence-corrected chi connectivity index (χ4v) is 6.88. The first-order chi connectivity index (χ1) is 27.7. The van der Waals surface area contributed by atoms with E-state index in [4.69, 9.17) is 14.2 Å². The molecule has 57 heavy (non-hydrogen) atoms. The van der Waals surface area contributed by atoms with Crippen molar-refractivity contribution in [1.82, 2.24) is 4.90 Å². The molecular formula is C48H32N2O7. The van der Waals surface area contributed by atoms with Crippen molar-refractivity contribution in [3.8, 4) is 56.8 Å². The summed E-state index contributed by atoms with van der Waals surface area (Å²) >= 11 is 0. The molecule has 0 fully saturated rings. The van der Waals surface area contributed by atoms with Crippen LogP contribution >= 0.6 is 0 Å². The van der Waals surface area contributed by atoms with Crippen LogP contribution in [0.3, 0.4) is 0 Å². The van der Waals surface area contributed by atoms with E-state index in [1.54, 1.807) is 60.7 Å². The van der Waals surface area contributed by atoms with Crippen molar-refractivity contribution in [2.24, 2.45) is 0 Å². The van der Waals surface area contributed by atoms with Crippen LogP contribution in [0.25, 0.3) is 22.3 Å². The van der Waals surface area contributed by atoms with E-state index in [2.05, 4.69) is 0 Å². The molecule has 0 saturated carbocycles. The molecule has 0 saturated heterocycles. The van der Waals surface area contributed by atoms with Crippen molar-refractivity contribution in [1.29, 1.82) is 0 Å².